The van der Waals surface area contributed by atoms with Gasteiger partial charge in [0.25, 0.3) is 0 Å². The third kappa shape index (κ3) is 3.17. The van der Waals surface area contributed by atoms with Gasteiger partial charge >= 0.3 is 0 Å². The molecule has 0 fully saturated rings. The molecule has 0 amide bonds. The van der Waals surface area contributed by atoms with Crippen LogP contribution in [0, 0.1) is 0 Å². The highest BCUT2D eigenvalue weighted by molar-refractivity contribution is 7.89. The molecule has 0 atom stereocenters. The molecule has 3 aromatic rings. The van der Waals surface area contributed by atoms with Crippen molar-refractivity contribution in [2.24, 2.45) is 5.14 Å². The number of methoxy groups -OCH3 is 1. The molecule has 7 heteroatoms. The van der Waals surface area contributed by atoms with Crippen molar-refractivity contribution in [3.8, 4) is 22.7 Å². The number of primary sulfonamides is 1. The average Bonchev–Trinajstić information content (AvgIpc) is 2.96. The minimum absolute atomic E-state index is 0.0694. The SMILES string of the molecule is COc1ccc(-n2c(Cl)ccc2-c2ccc(S(N)(=O)=O)cc2)cc1. The van der Waals surface area contributed by atoms with E-state index in [1.54, 1.807) is 25.3 Å². The molecule has 0 spiro atoms. The Bertz CT molecular complexity index is 962. The van der Waals surface area contributed by atoms with E-state index < -0.39 is 10.0 Å². The van der Waals surface area contributed by atoms with E-state index in [1.165, 1.54) is 12.1 Å². The smallest absolute Gasteiger partial charge is 0.238 e. The largest absolute Gasteiger partial charge is 0.497 e. The molecule has 0 saturated carbocycles. The van der Waals surface area contributed by atoms with Crippen molar-refractivity contribution in [3.63, 3.8) is 0 Å². The lowest BCUT2D eigenvalue weighted by Gasteiger charge is -2.12. The molecule has 0 aliphatic rings. The zero-order valence-electron chi connectivity index (χ0n) is 12.8. The van der Waals surface area contributed by atoms with Crippen molar-refractivity contribution >= 4 is 21.6 Å². The van der Waals surface area contributed by atoms with Crippen LogP contribution in [0.3, 0.4) is 0 Å². The summed E-state index contributed by atoms with van der Waals surface area (Å²) in [5, 5.41) is 5.68. The van der Waals surface area contributed by atoms with Crippen molar-refractivity contribution in [2.75, 3.05) is 7.11 Å². The van der Waals surface area contributed by atoms with E-state index in [9.17, 15) is 8.42 Å². The second-order valence-corrected chi connectivity index (χ2v) is 7.09. The zero-order valence-corrected chi connectivity index (χ0v) is 14.4. The Kier molecular flexibility index (Phi) is 4.36. The van der Waals surface area contributed by atoms with Crippen LogP contribution in [0.1, 0.15) is 0 Å². The monoisotopic (exact) mass is 362 g/mol. The van der Waals surface area contributed by atoms with Gasteiger partial charge in [0.2, 0.25) is 10.0 Å². The molecule has 0 unspecified atom stereocenters. The fourth-order valence-corrected chi connectivity index (χ4v) is 3.21. The van der Waals surface area contributed by atoms with E-state index >= 15 is 0 Å². The Morgan fingerprint density at radius 2 is 1.58 bits per heavy atom. The first kappa shape index (κ1) is 16.6. The van der Waals surface area contributed by atoms with E-state index in [-0.39, 0.29) is 4.90 Å². The summed E-state index contributed by atoms with van der Waals surface area (Å²) in [5.74, 6) is 0.751. The number of hydrogen-bond donors (Lipinski definition) is 1. The van der Waals surface area contributed by atoms with Crippen LogP contribution in [0.4, 0.5) is 0 Å². The van der Waals surface area contributed by atoms with Crippen molar-refractivity contribution in [3.05, 3.63) is 65.8 Å². The Morgan fingerprint density at radius 1 is 0.958 bits per heavy atom. The standard InChI is InChI=1S/C17H15ClN2O3S/c1-23-14-6-4-13(5-7-14)20-16(10-11-17(20)18)12-2-8-15(9-3-12)24(19,21)22/h2-11H,1H3,(H2,19,21,22). The predicted molar refractivity (Wildman–Crippen MR) is 94.1 cm³/mol. The maximum absolute atomic E-state index is 11.4. The second kappa shape index (κ2) is 6.32. The molecule has 0 radical (unpaired) electrons. The summed E-state index contributed by atoms with van der Waals surface area (Å²) in [6, 6.07) is 17.5. The van der Waals surface area contributed by atoms with Gasteiger partial charge in [-0.2, -0.15) is 0 Å². The van der Waals surface area contributed by atoms with Crippen LogP contribution in [0.25, 0.3) is 16.9 Å². The average molecular weight is 363 g/mol. The summed E-state index contributed by atoms with van der Waals surface area (Å²) in [6.07, 6.45) is 0. The summed E-state index contributed by atoms with van der Waals surface area (Å²) >= 11 is 6.32. The molecule has 24 heavy (non-hydrogen) atoms. The molecule has 2 aromatic carbocycles. The summed E-state index contributed by atoms with van der Waals surface area (Å²) in [6.45, 7) is 0. The van der Waals surface area contributed by atoms with Gasteiger partial charge in [0.1, 0.15) is 10.9 Å². The van der Waals surface area contributed by atoms with E-state index in [4.69, 9.17) is 21.5 Å². The highest BCUT2D eigenvalue weighted by Gasteiger charge is 2.13. The van der Waals surface area contributed by atoms with Gasteiger partial charge in [0.15, 0.2) is 0 Å². The minimum Gasteiger partial charge on any atom is -0.497 e. The normalized spacial score (nSPS) is 11.5. The lowest BCUT2D eigenvalue weighted by Crippen LogP contribution is -2.11. The van der Waals surface area contributed by atoms with E-state index in [1.807, 2.05) is 34.9 Å². The highest BCUT2D eigenvalue weighted by Crippen LogP contribution is 2.30. The number of halogens is 1. The second-order valence-electron chi connectivity index (χ2n) is 5.14. The first-order valence-corrected chi connectivity index (χ1v) is 8.97. The topological polar surface area (TPSA) is 74.3 Å². The zero-order chi connectivity index (χ0) is 17.3. The van der Waals surface area contributed by atoms with Crippen LogP contribution in [-0.2, 0) is 10.0 Å². The van der Waals surface area contributed by atoms with Crippen molar-refractivity contribution in [2.45, 2.75) is 4.90 Å². The number of nitrogens with zero attached hydrogens (tertiary/aromatic N) is 1. The van der Waals surface area contributed by atoms with Gasteiger partial charge in [-0.05, 0) is 54.1 Å². The van der Waals surface area contributed by atoms with E-state index in [2.05, 4.69) is 0 Å². The van der Waals surface area contributed by atoms with Crippen molar-refractivity contribution < 1.29 is 13.2 Å². The molecule has 1 aromatic heterocycles. The number of rotatable bonds is 4. The van der Waals surface area contributed by atoms with Gasteiger partial charge in [0.05, 0.1) is 17.7 Å². The molecule has 0 saturated heterocycles. The summed E-state index contributed by atoms with van der Waals surface area (Å²) in [4.78, 5) is 0.0694. The number of nitrogens with two attached hydrogens (primary N) is 1. The van der Waals surface area contributed by atoms with Crippen molar-refractivity contribution in [1.82, 2.24) is 4.57 Å². The molecule has 3 rings (SSSR count). The van der Waals surface area contributed by atoms with E-state index in [0.717, 1.165) is 22.7 Å². The van der Waals surface area contributed by atoms with Gasteiger partial charge in [0, 0.05) is 5.69 Å². The quantitative estimate of drug-likeness (QED) is 0.772. The molecule has 1 heterocycles. The molecular formula is C17H15ClN2O3S. The first-order chi connectivity index (χ1) is 11.4. The lowest BCUT2D eigenvalue weighted by atomic mass is 10.1. The maximum atomic E-state index is 11.4. The molecule has 0 aliphatic heterocycles. The predicted octanol–water partition coefficient (Wildman–Crippen LogP) is 3.45. The fourth-order valence-electron chi connectivity index (χ4n) is 2.45. The molecule has 0 bridgehead atoms. The Labute approximate surface area is 145 Å². The van der Waals surface area contributed by atoms with E-state index in [0.29, 0.717) is 5.15 Å². The van der Waals surface area contributed by atoms with Crippen molar-refractivity contribution in [1.29, 1.82) is 0 Å². The fraction of sp³-hybridized carbons (Fsp3) is 0.0588. The molecule has 124 valence electrons. The number of hydrogen-bond acceptors (Lipinski definition) is 3. The summed E-state index contributed by atoms with van der Waals surface area (Å²) in [7, 11) is -2.11. The Morgan fingerprint density at radius 3 is 2.12 bits per heavy atom. The van der Waals surface area contributed by atoms with Crippen LogP contribution in [0.5, 0.6) is 5.75 Å². The molecular weight excluding hydrogens is 348 g/mol. The third-order valence-corrected chi connectivity index (χ3v) is 4.87. The van der Waals surface area contributed by atoms with Crippen LogP contribution < -0.4 is 9.88 Å². The van der Waals surface area contributed by atoms with Gasteiger partial charge in [-0.1, -0.05) is 23.7 Å². The molecule has 2 N–H and O–H groups in total. The van der Waals surface area contributed by atoms with Gasteiger partial charge in [-0.15, -0.1) is 0 Å². The van der Waals surface area contributed by atoms with Crippen LogP contribution in [0.2, 0.25) is 5.15 Å². The van der Waals surface area contributed by atoms with Crippen LogP contribution in [-0.4, -0.2) is 20.1 Å². The van der Waals surface area contributed by atoms with Gasteiger partial charge < -0.3 is 9.30 Å². The van der Waals surface area contributed by atoms with Crippen LogP contribution >= 0.6 is 11.6 Å². The minimum atomic E-state index is -3.71. The Hall–Kier alpha value is -2.28. The number of aromatic nitrogens is 1. The summed E-state index contributed by atoms with van der Waals surface area (Å²) in [5.41, 5.74) is 2.53. The number of benzene rings is 2. The lowest BCUT2D eigenvalue weighted by molar-refractivity contribution is 0.415. The third-order valence-electron chi connectivity index (χ3n) is 3.64. The Balaban J connectivity index is 2.06. The highest BCUT2D eigenvalue weighted by atomic mass is 35.5. The first-order valence-electron chi connectivity index (χ1n) is 7.05. The van der Waals surface area contributed by atoms with Gasteiger partial charge in [-0.3, -0.25) is 0 Å². The molecule has 5 nitrogen and oxygen atoms in total. The van der Waals surface area contributed by atoms with Crippen LogP contribution in [0.15, 0.2) is 65.6 Å². The van der Waals surface area contributed by atoms with Gasteiger partial charge in [-0.25, -0.2) is 13.6 Å². The maximum Gasteiger partial charge on any atom is 0.238 e. The summed E-state index contributed by atoms with van der Waals surface area (Å²) < 4.78 is 29.8. The number of sulfonamides is 1. The molecule has 0 aliphatic carbocycles. The number of ether oxygens (including phenoxy) is 1.